The van der Waals surface area contributed by atoms with Crippen molar-refractivity contribution in [1.29, 1.82) is 0 Å². The Balaban J connectivity index is 1.80. The van der Waals surface area contributed by atoms with Crippen molar-refractivity contribution in [3.63, 3.8) is 0 Å². The summed E-state index contributed by atoms with van der Waals surface area (Å²) >= 11 is 3.43. The maximum atomic E-state index is 12.1. The molecule has 0 bridgehead atoms. The number of nitrogens with zero attached hydrogens (tertiary/aromatic N) is 1. The third-order valence-corrected chi connectivity index (χ3v) is 3.96. The van der Waals surface area contributed by atoms with Gasteiger partial charge in [-0.25, -0.2) is 0 Å². The average Bonchev–Trinajstić information content (AvgIpc) is 2.48. The first-order chi connectivity index (χ1) is 10.1. The zero-order valence-corrected chi connectivity index (χ0v) is 13.0. The SMILES string of the molecule is Nc1ccc(CCN2C(=O)COc3ccc(Br)cc32)cc1. The molecule has 3 rings (SSSR count). The molecule has 0 fully saturated rings. The quantitative estimate of drug-likeness (QED) is 0.869. The number of nitrogen functional groups attached to an aromatic ring is 1. The van der Waals surface area contributed by atoms with Crippen LogP contribution in [-0.4, -0.2) is 19.1 Å². The molecule has 0 radical (unpaired) electrons. The first kappa shape index (κ1) is 13.9. The van der Waals surface area contributed by atoms with Gasteiger partial charge >= 0.3 is 0 Å². The number of carbonyl (C=O) groups excluding carboxylic acids is 1. The first-order valence-corrected chi connectivity index (χ1v) is 7.50. The van der Waals surface area contributed by atoms with Gasteiger partial charge in [-0.2, -0.15) is 0 Å². The van der Waals surface area contributed by atoms with Gasteiger partial charge in [-0.05, 0) is 42.3 Å². The van der Waals surface area contributed by atoms with Crippen LogP contribution in [0, 0.1) is 0 Å². The third-order valence-electron chi connectivity index (χ3n) is 3.47. The van der Waals surface area contributed by atoms with Crippen molar-refractivity contribution in [2.45, 2.75) is 6.42 Å². The Hall–Kier alpha value is -2.01. The van der Waals surface area contributed by atoms with Gasteiger partial charge in [0.15, 0.2) is 6.61 Å². The van der Waals surface area contributed by atoms with Crippen molar-refractivity contribution in [3.8, 4) is 5.75 Å². The largest absolute Gasteiger partial charge is 0.482 e. The number of hydrogen-bond donors (Lipinski definition) is 1. The highest BCUT2D eigenvalue weighted by molar-refractivity contribution is 9.10. The Bertz CT molecular complexity index is 670. The molecule has 2 aromatic rings. The van der Waals surface area contributed by atoms with E-state index in [1.165, 1.54) is 0 Å². The molecule has 2 N–H and O–H groups in total. The van der Waals surface area contributed by atoms with Gasteiger partial charge in [0.25, 0.3) is 5.91 Å². The van der Waals surface area contributed by atoms with Gasteiger partial charge in [-0.3, -0.25) is 4.79 Å². The van der Waals surface area contributed by atoms with Gasteiger partial charge in [-0.1, -0.05) is 28.1 Å². The molecule has 0 saturated heterocycles. The predicted octanol–water partition coefficient (Wildman–Crippen LogP) is 3.00. The van der Waals surface area contributed by atoms with Crippen molar-refractivity contribution in [3.05, 3.63) is 52.5 Å². The minimum absolute atomic E-state index is 0.0176. The van der Waals surface area contributed by atoms with Crippen molar-refractivity contribution < 1.29 is 9.53 Å². The average molecular weight is 347 g/mol. The Kier molecular flexibility index (Phi) is 3.84. The van der Waals surface area contributed by atoms with Crippen LogP contribution >= 0.6 is 15.9 Å². The van der Waals surface area contributed by atoms with E-state index in [1.54, 1.807) is 4.90 Å². The molecule has 0 unspecified atom stereocenters. The van der Waals surface area contributed by atoms with E-state index in [4.69, 9.17) is 10.5 Å². The molecule has 21 heavy (non-hydrogen) atoms. The summed E-state index contributed by atoms with van der Waals surface area (Å²) in [6, 6.07) is 13.4. The second-order valence-electron chi connectivity index (χ2n) is 4.94. The van der Waals surface area contributed by atoms with Crippen LogP contribution in [0.1, 0.15) is 5.56 Å². The fraction of sp³-hybridized carbons (Fsp3) is 0.188. The molecule has 0 saturated carbocycles. The normalized spacial score (nSPS) is 13.8. The predicted molar refractivity (Wildman–Crippen MR) is 86.5 cm³/mol. The molecule has 0 aromatic heterocycles. The molecular formula is C16H15BrN2O2. The number of rotatable bonds is 3. The van der Waals surface area contributed by atoms with Crippen molar-refractivity contribution >= 4 is 33.2 Å². The molecule has 2 aromatic carbocycles. The molecule has 1 aliphatic rings. The van der Waals surface area contributed by atoms with Crippen molar-refractivity contribution in [2.24, 2.45) is 0 Å². The fourth-order valence-electron chi connectivity index (χ4n) is 2.35. The van der Waals surface area contributed by atoms with Crippen LogP contribution in [0.15, 0.2) is 46.9 Å². The zero-order chi connectivity index (χ0) is 14.8. The first-order valence-electron chi connectivity index (χ1n) is 6.70. The van der Waals surface area contributed by atoms with Crippen LogP contribution in [0.3, 0.4) is 0 Å². The number of anilines is 2. The van der Waals surface area contributed by atoms with E-state index in [1.807, 2.05) is 42.5 Å². The Morgan fingerprint density at radius 3 is 2.71 bits per heavy atom. The van der Waals surface area contributed by atoms with E-state index in [0.29, 0.717) is 6.54 Å². The molecule has 1 amide bonds. The summed E-state index contributed by atoms with van der Waals surface area (Å²) in [5.74, 6) is 0.728. The van der Waals surface area contributed by atoms with Crippen LogP contribution in [0.25, 0.3) is 0 Å². The summed E-state index contributed by atoms with van der Waals surface area (Å²) in [7, 11) is 0. The number of halogens is 1. The lowest BCUT2D eigenvalue weighted by atomic mass is 10.1. The van der Waals surface area contributed by atoms with Gasteiger partial charge < -0.3 is 15.4 Å². The number of hydrogen-bond acceptors (Lipinski definition) is 3. The molecule has 5 heteroatoms. The highest BCUT2D eigenvalue weighted by atomic mass is 79.9. The standard InChI is InChI=1S/C16H15BrN2O2/c17-12-3-6-15-14(9-12)19(16(20)10-21-15)8-7-11-1-4-13(18)5-2-11/h1-6,9H,7-8,10,18H2. The fourth-order valence-corrected chi connectivity index (χ4v) is 2.69. The Labute approximate surface area is 131 Å². The summed E-state index contributed by atoms with van der Waals surface area (Å²) in [5.41, 5.74) is 8.40. The highest BCUT2D eigenvalue weighted by Crippen LogP contribution is 2.34. The van der Waals surface area contributed by atoms with Gasteiger partial charge in [-0.15, -0.1) is 0 Å². The summed E-state index contributed by atoms with van der Waals surface area (Å²) in [4.78, 5) is 13.9. The van der Waals surface area contributed by atoms with Crippen LogP contribution in [0.2, 0.25) is 0 Å². The van der Waals surface area contributed by atoms with Crippen LogP contribution < -0.4 is 15.4 Å². The van der Waals surface area contributed by atoms with Crippen molar-refractivity contribution in [1.82, 2.24) is 0 Å². The molecule has 4 nitrogen and oxygen atoms in total. The minimum Gasteiger partial charge on any atom is -0.482 e. The maximum absolute atomic E-state index is 12.1. The number of amides is 1. The smallest absolute Gasteiger partial charge is 0.265 e. The van der Waals surface area contributed by atoms with Crippen LogP contribution in [0.4, 0.5) is 11.4 Å². The van der Waals surface area contributed by atoms with Gasteiger partial charge in [0.2, 0.25) is 0 Å². The summed E-state index contributed by atoms with van der Waals surface area (Å²) in [6.45, 7) is 0.714. The third kappa shape index (κ3) is 3.03. The molecule has 0 spiro atoms. The number of fused-ring (bicyclic) bond motifs is 1. The van der Waals surface area contributed by atoms with E-state index in [9.17, 15) is 4.79 Å². The van der Waals surface area contributed by atoms with Crippen LogP contribution in [-0.2, 0) is 11.2 Å². The molecule has 1 aliphatic heterocycles. The lowest BCUT2D eigenvalue weighted by Crippen LogP contribution is -2.40. The van der Waals surface area contributed by atoms with Crippen molar-refractivity contribution in [2.75, 3.05) is 23.8 Å². The number of nitrogens with two attached hydrogens (primary N) is 1. The number of carbonyl (C=O) groups is 1. The van der Waals surface area contributed by atoms with E-state index < -0.39 is 0 Å². The van der Waals surface area contributed by atoms with Crippen LogP contribution in [0.5, 0.6) is 5.75 Å². The maximum Gasteiger partial charge on any atom is 0.265 e. The second-order valence-corrected chi connectivity index (χ2v) is 5.85. The summed E-state index contributed by atoms with van der Waals surface area (Å²) in [6.07, 6.45) is 0.776. The van der Waals surface area contributed by atoms with Gasteiger partial charge in [0, 0.05) is 16.7 Å². The Morgan fingerprint density at radius 2 is 1.95 bits per heavy atom. The Morgan fingerprint density at radius 1 is 1.19 bits per heavy atom. The lowest BCUT2D eigenvalue weighted by Gasteiger charge is -2.29. The van der Waals surface area contributed by atoms with E-state index in [0.717, 1.165) is 33.6 Å². The van der Waals surface area contributed by atoms with E-state index in [-0.39, 0.29) is 12.5 Å². The topological polar surface area (TPSA) is 55.6 Å². The van der Waals surface area contributed by atoms with Gasteiger partial charge in [0.05, 0.1) is 5.69 Å². The second kappa shape index (κ2) is 5.77. The van der Waals surface area contributed by atoms with E-state index in [2.05, 4.69) is 15.9 Å². The van der Waals surface area contributed by atoms with Gasteiger partial charge in [0.1, 0.15) is 5.75 Å². The lowest BCUT2D eigenvalue weighted by molar-refractivity contribution is -0.121. The minimum atomic E-state index is -0.0176. The highest BCUT2D eigenvalue weighted by Gasteiger charge is 2.25. The molecule has 0 aliphatic carbocycles. The molecule has 1 heterocycles. The number of benzene rings is 2. The summed E-state index contributed by atoms with van der Waals surface area (Å²) < 4.78 is 6.39. The van der Waals surface area contributed by atoms with E-state index >= 15 is 0 Å². The monoisotopic (exact) mass is 346 g/mol. The summed E-state index contributed by atoms with van der Waals surface area (Å²) in [5, 5.41) is 0. The number of ether oxygens (including phenoxy) is 1. The molecular weight excluding hydrogens is 332 g/mol. The molecule has 108 valence electrons. The zero-order valence-electron chi connectivity index (χ0n) is 11.4. The molecule has 0 atom stereocenters.